The summed E-state index contributed by atoms with van der Waals surface area (Å²) < 4.78 is 5.39. The molecule has 0 aliphatic rings. The van der Waals surface area contributed by atoms with Crippen molar-refractivity contribution in [3.8, 4) is 0 Å². The third-order valence-electron chi connectivity index (χ3n) is 3.16. The molecule has 0 heterocycles. The van der Waals surface area contributed by atoms with Crippen LogP contribution in [-0.2, 0) is 9.53 Å². The molecule has 0 aromatic heterocycles. The molecule has 0 aromatic carbocycles. The SMILES string of the molecule is CCCCCCCCCC(=O)OC(C)(C)CC(C)O. The molecule has 0 aliphatic heterocycles. The van der Waals surface area contributed by atoms with Gasteiger partial charge < -0.3 is 9.84 Å². The Bertz CT molecular complexity index is 234. The molecule has 1 atom stereocenters. The lowest BCUT2D eigenvalue weighted by Crippen LogP contribution is -2.31. The van der Waals surface area contributed by atoms with Crippen molar-refractivity contribution in [3.63, 3.8) is 0 Å². The Kier molecular flexibility index (Phi) is 9.94. The van der Waals surface area contributed by atoms with E-state index in [1.54, 1.807) is 6.92 Å². The van der Waals surface area contributed by atoms with Crippen molar-refractivity contribution in [2.24, 2.45) is 0 Å². The van der Waals surface area contributed by atoms with Crippen molar-refractivity contribution in [2.75, 3.05) is 0 Å². The summed E-state index contributed by atoms with van der Waals surface area (Å²) in [5.41, 5.74) is -0.563. The summed E-state index contributed by atoms with van der Waals surface area (Å²) in [7, 11) is 0. The monoisotopic (exact) mass is 272 g/mol. The van der Waals surface area contributed by atoms with Crippen LogP contribution < -0.4 is 0 Å². The Morgan fingerprint density at radius 1 is 1.11 bits per heavy atom. The van der Waals surface area contributed by atoms with Gasteiger partial charge in [0.1, 0.15) is 5.60 Å². The fourth-order valence-corrected chi connectivity index (χ4v) is 2.34. The van der Waals surface area contributed by atoms with Gasteiger partial charge in [0, 0.05) is 12.8 Å². The molecule has 0 aromatic rings. The summed E-state index contributed by atoms with van der Waals surface area (Å²) >= 11 is 0. The van der Waals surface area contributed by atoms with Gasteiger partial charge in [-0.25, -0.2) is 0 Å². The number of hydrogen-bond acceptors (Lipinski definition) is 3. The summed E-state index contributed by atoms with van der Waals surface area (Å²) in [4.78, 5) is 11.7. The van der Waals surface area contributed by atoms with Crippen LogP contribution in [-0.4, -0.2) is 22.8 Å². The number of rotatable bonds is 11. The van der Waals surface area contributed by atoms with Crippen LogP contribution in [0.2, 0.25) is 0 Å². The quantitative estimate of drug-likeness (QED) is 0.452. The highest BCUT2D eigenvalue weighted by molar-refractivity contribution is 5.69. The van der Waals surface area contributed by atoms with Gasteiger partial charge in [0.25, 0.3) is 0 Å². The largest absolute Gasteiger partial charge is 0.460 e. The van der Waals surface area contributed by atoms with Crippen LogP contribution in [0.5, 0.6) is 0 Å². The van der Waals surface area contributed by atoms with Gasteiger partial charge in [-0.15, -0.1) is 0 Å². The molecular formula is C16H32O3. The van der Waals surface area contributed by atoms with E-state index in [9.17, 15) is 9.90 Å². The van der Waals surface area contributed by atoms with Gasteiger partial charge in [0.05, 0.1) is 6.10 Å². The van der Waals surface area contributed by atoms with Crippen molar-refractivity contribution in [1.29, 1.82) is 0 Å². The molecule has 0 saturated carbocycles. The zero-order chi connectivity index (χ0) is 14.7. The van der Waals surface area contributed by atoms with Crippen molar-refractivity contribution >= 4 is 5.97 Å². The van der Waals surface area contributed by atoms with E-state index >= 15 is 0 Å². The summed E-state index contributed by atoms with van der Waals surface area (Å²) in [6, 6.07) is 0. The van der Waals surface area contributed by atoms with Crippen molar-refractivity contribution in [3.05, 3.63) is 0 Å². The lowest BCUT2D eigenvalue weighted by atomic mass is 10.0. The molecule has 0 fully saturated rings. The number of carbonyl (C=O) groups excluding carboxylic acids is 1. The molecule has 3 nitrogen and oxygen atoms in total. The van der Waals surface area contributed by atoms with E-state index < -0.39 is 11.7 Å². The standard InChI is InChI=1S/C16H32O3/c1-5-6-7-8-9-10-11-12-15(18)19-16(3,4)13-14(2)17/h14,17H,5-13H2,1-4H3. The minimum atomic E-state index is -0.563. The maximum absolute atomic E-state index is 11.7. The van der Waals surface area contributed by atoms with E-state index in [0.29, 0.717) is 12.8 Å². The topological polar surface area (TPSA) is 46.5 Å². The van der Waals surface area contributed by atoms with E-state index in [0.717, 1.165) is 12.8 Å². The predicted octanol–water partition coefficient (Wildman–Crippen LogP) is 4.22. The average molecular weight is 272 g/mol. The molecule has 0 rings (SSSR count). The van der Waals surface area contributed by atoms with Gasteiger partial charge in [-0.1, -0.05) is 45.4 Å². The maximum atomic E-state index is 11.7. The minimum Gasteiger partial charge on any atom is -0.460 e. The second-order valence-electron chi connectivity index (χ2n) is 6.16. The maximum Gasteiger partial charge on any atom is 0.306 e. The van der Waals surface area contributed by atoms with Crippen molar-refractivity contribution < 1.29 is 14.6 Å². The van der Waals surface area contributed by atoms with Crippen LogP contribution in [0.3, 0.4) is 0 Å². The molecule has 0 amide bonds. The van der Waals surface area contributed by atoms with Gasteiger partial charge in [-0.05, 0) is 27.2 Å². The zero-order valence-corrected chi connectivity index (χ0v) is 13.2. The molecule has 114 valence electrons. The molecule has 3 heteroatoms. The van der Waals surface area contributed by atoms with Crippen LogP contribution >= 0.6 is 0 Å². The number of carbonyl (C=O) groups is 1. The fraction of sp³-hybridized carbons (Fsp3) is 0.938. The molecule has 19 heavy (non-hydrogen) atoms. The number of hydrogen-bond donors (Lipinski definition) is 1. The van der Waals surface area contributed by atoms with E-state index in [2.05, 4.69) is 6.92 Å². The number of ether oxygens (including phenoxy) is 1. The molecule has 0 spiro atoms. The highest BCUT2D eigenvalue weighted by Crippen LogP contribution is 2.18. The van der Waals surface area contributed by atoms with Gasteiger partial charge in [0.15, 0.2) is 0 Å². The number of aliphatic hydroxyl groups is 1. The summed E-state index contributed by atoms with van der Waals surface area (Å²) in [5, 5.41) is 9.33. The van der Waals surface area contributed by atoms with Crippen LogP contribution in [0.1, 0.15) is 85.5 Å². The van der Waals surface area contributed by atoms with Crippen LogP contribution in [0.25, 0.3) is 0 Å². The highest BCUT2D eigenvalue weighted by atomic mass is 16.6. The first kappa shape index (κ1) is 18.4. The third kappa shape index (κ3) is 12.2. The lowest BCUT2D eigenvalue weighted by Gasteiger charge is -2.26. The Morgan fingerprint density at radius 3 is 2.16 bits per heavy atom. The van der Waals surface area contributed by atoms with Gasteiger partial charge in [-0.2, -0.15) is 0 Å². The lowest BCUT2D eigenvalue weighted by molar-refractivity contribution is -0.158. The number of aliphatic hydroxyl groups excluding tert-OH is 1. The first-order valence-electron chi connectivity index (χ1n) is 7.77. The van der Waals surface area contributed by atoms with E-state index in [1.165, 1.54) is 32.1 Å². The van der Waals surface area contributed by atoms with Crippen molar-refractivity contribution in [1.82, 2.24) is 0 Å². The highest BCUT2D eigenvalue weighted by Gasteiger charge is 2.24. The van der Waals surface area contributed by atoms with E-state index in [1.807, 2.05) is 13.8 Å². The molecular weight excluding hydrogens is 240 g/mol. The number of esters is 1. The molecule has 0 bridgehead atoms. The normalized spacial score (nSPS) is 13.3. The minimum absolute atomic E-state index is 0.140. The Balaban J connectivity index is 3.59. The van der Waals surface area contributed by atoms with Gasteiger partial charge in [0.2, 0.25) is 0 Å². The molecule has 0 radical (unpaired) electrons. The first-order chi connectivity index (χ1) is 8.87. The summed E-state index contributed by atoms with van der Waals surface area (Å²) in [6.45, 7) is 7.63. The third-order valence-corrected chi connectivity index (χ3v) is 3.16. The van der Waals surface area contributed by atoms with Crippen molar-refractivity contribution in [2.45, 2.75) is 97.2 Å². The number of unbranched alkanes of at least 4 members (excludes halogenated alkanes) is 6. The smallest absolute Gasteiger partial charge is 0.306 e. The Hall–Kier alpha value is -0.570. The summed E-state index contributed by atoms with van der Waals surface area (Å²) in [5.74, 6) is -0.140. The molecule has 1 N–H and O–H groups in total. The van der Waals surface area contributed by atoms with Gasteiger partial charge in [-0.3, -0.25) is 4.79 Å². The molecule has 1 unspecified atom stereocenters. The Labute approximate surface area is 118 Å². The average Bonchev–Trinajstić information content (AvgIpc) is 2.25. The summed E-state index contributed by atoms with van der Waals surface area (Å²) in [6.07, 6.45) is 8.93. The van der Waals surface area contributed by atoms with E-state index in [4.69, 9.17) is 4.74 Å². The van der Waals surface area contributed by atoms with Crippen LogP contribution in [0.15, 0.2) is 0 Å². The van der Waals surface area contributed by atoms with E-state index in [-0.39, 0.29) is 5.97 Å². The Morgan fingerprint density at radius 2 is 1.63 bits per heavy atom. The fourth-order valence-electron chi connectivity index (χ4n) is 2.34. The van der Waals surface area contributed by atoms with Crippen LogP contribution in [0, 0.1) is 0 Å². The first-order valence-corrected chi connectivity index (χ1v) is 7.77. The predicted molar refractivity (Wildman–Crippen MR) is 79.1 cm³/mol. The molecule has 0 saturated heterocycles. The molecule has 0 aliphatic carbocycles. The second-order valence-corrected chi connectivity index (χ2v) is 6.16. The van der Waals surface area contributed by atoms with Crippen LogP contribution in [0.4, 0.5) is 0 Å². The van der Waals surface area contributed by atoms with Gasteiger partial charge >= 0.3 is 5.97 Å². The zero-order valence-electron chi connectivity index (χ0n) is 13.2. The second kappa shape index (κ2) is 10.2.